The number of halogens is 1. The van der Waals surface area contributed by atoms with E-state index in [2.05, 4.69) is 15.3 Å². The van der Waals surface area contributed by atoms with Gasteiger partial charge in [-0.2, -0.15) is 0 Å². The van der Waals surface area contributed by atoms with E-state index < -0.39 is 5.91 Å². The van der Waals surface area contributed by atoms with Gasteiger partial charge < -0.3 is 16.0 Å². The van der Waals surface area contributed by atoms with Crippen LogP contribution in [-0.4, -0.2) is 26.8 Å². The van der Waals surface area contributed by atoms with Crippen LogP contribution < -0.4 is 11.1 Å². The lowest BCUT2D eigenvalue weighted by atomic mass is 9.53. The molecule has 0 radical (unpaired) electrons. The Hall–Kier alpha value is -1.75. The zero-order valence-electron chi connectivity index (χ0n) is 13.4. The van der Waals surface area contributed by atoms with E-state index in [9.17, 15) is 4.79 Å². The summed E-state index contributed by atoms with van der Waals surface area (Å²) in [5.74, 6) is 1.50. The van der Waals surface area contributed by atoms with Crippen LogP contribution in [0, 0.1) is 17.8 Å². The molecule has 3 unspecified atom stereocenters. The van der Waals surface area contributed by atoms with E-state index in [0.717, 1.165) is 35.5 Å². The number of rotatable bonds is 3. The van der Waals surface area contributed by atoms with Crippen molar-refractivity contribution in [2.75, 3.05) is 5.32 Å². The van der Waals surface area contributed by atoms with Gasteiger partial charge in [0.25, 0.3) is 5.91 Å². The second-order valence-electron chi connectivity index (χ2n) is 7.94. The smallest absolute Gasteiger partial charge is 0.252 e. The topological polar surface area (TPSA) is 83.8 Å². The number of nitrogens with one attached hydrogen (secondary N) is 2. The third-order valence-corrected chi connectivity index (χ3v) is 6.82. The third-order valence-electron chi connectivity index (χ3n) is 6.36. The van der Waals surface area contributed by atoms with Gasteiger partial charge in [-0.05, 0) is 55.9 Å². The summed E-state index contributed by atoms with van der Waals surface area (Å²) in [6.07, 6.45) is 9.24. The molecule has 1 amide bonds. The number of fused-ring (bicyclic) bond motifs is 1. The maximum atomic E-state index is 11.9. The Morgan fingerprint density at radius 2 is 2.08 bits per heavy atom. The minimum absolute atomic E-state index is 0.0167. The van der Waals surface area contributed by atoms with E-state index in [4.69, 9.17) is 17.3 Å². The molecule has 4 saturated carbocycles. The fourth-order valence-electron chi connectivity index (χ4n) is 5.68. The quantitative estimate of drug-likeness (QED) is 0.747. The van der Waals surface area contributed by atoms with Gasteiger partial charge in [0.2, 0.25) is 0 Å². The minimum atomic E-state index is -0.439. The van der Waals surface area contributed by atoms with Gasteiger partial charge in [0, 0.05) is 28.7 Å². The summed E-state index contributed by atoms with van der Waals surface area (Å²) < 4.78 is 0. The fourth-order valence-corrected chi connectivity index (χ4v) is 6.29. The van der Waals surface area contributed by atoms with Crippen molar-refractivity contribution in [1.82, 2.24) is 9.97 Å². The van der Waals surface area contributed by atoms with Gasteiger partial charge in [-0.15, -0.1) is 11.6 Å². The third kappa shape index (κ3) is 2.07. The summed E-state index contributed by atoms with van der Waals surface area (Å²) in [6, 6.07) is 2.32. The number of H-pyrrole nitrogens is 1. The molecule has 4 fully saturated rings. The predicted octanol–water partition coefficient (Wildman–Crippen LogP) is 3.26. The molecule has 2 heterocycles. The SMILES string of the molecule is NC(=O)c1cnc2[nH]ccc2c1NC1[C@@H]2CC3C[C@H]1CC(Cl)(C3)C2. The highest BCUT2D eigenvalue weighted by atomic mass is 35.5. The van der Waals surface area contributed by atoms with Crippen LogP contribution in [0.3, 0.4) is 0 Å². The van der Waals surface area contributed by atoms with E-state index in [1.807, 2.05) is 12.3 Å². The number of hydrogen-bond donors (Lipinski definition) is 3. The Morgan fingerprint density at radius 3 is 2.75 bits per heavy atom. The summed E-state index contributed by atoms with van der Waals surface area (Å²) in [4.78, 5) is 19.3. The first-order valence-corrected chi connectivity index (χ1v) is 9.11. The summed E-state index contributed by atoms with van der Waals surface area (Å²) in [7, 11) is 0. The van der Waals surface area contributed by atoms with Gasteiger partial charge in [0.05, 0.1) is 11.3 Å². The number of nitrogens with two attached hydrogens (primary N) is 1. The van der Waals surface area contributed by atoms with Crippen LogP contribution >= 0.6 is 11.6 Å². The molecule has 0 saturated heterocycles. The maximum absolute atomic E-state index is 11.9. The molecule has 5 nitrogen and oxygen atoms in total. The fraction of sp³-hybridized carbons (Fsp3) is 0.556. The lowest BCUT2D eigenvalue weighted by molar-refractivity contribution is 0.0220. The molecule has 0 aliphatic heterocycles. The van der Waals surface area contributed by atoms with Crippen LogP contribution in [-0.2, 0) is 0 Å². The molecule has 4 aliphatic carbocycles. The molecular formula is C18H21ClN4O. The highest BCUT2D eigenvalue weighted by molar-refractivity contribution is 6.24. The second-order valence-corrected chi connectivity index (χ2v) is 8.74. The monoisotopic (exact) mass is 344 g/mol. The van der Waals surface area contributed by atoms with Gasteiger partial charge in [-0.25, -0.2) is 4.98 Å². The number of hydrogen-bond acceptors (Lipinski definition) is 3. The Bertz CT molecular complexity index is 816. The van der Waals surface area contributed by atoms with Crippen LogP contribution in [0.1, 0.15) is 42.5 Å². The lowest BCUT2D eigenvalue weighted by Crippen LogP contribution is -2.57. The van der Waals surface area contributed by atoms with Crippen molar-refractivity contribution in [3.8, 4) is 0 Å². The highest BCUT2D eigenvalue weighted by Gasteiger charge is 2.54. The highest BCUT2D eigenvalue weighted by Crippen LogP contribution is 2.59. The first kappa shape index (κ1) is 14.6. The second kappa shape index (κ2) is 4.88. The Kier molecular flexibility index (Phi) is 2.97. The summed E-state index contributed by atoms with van der Waals surface area (Å²) >= 11 is 6.84. The zero-order valence-corrected chi connectivity index (χ0v) is 14.1. The number of pyridine rings is 1. The number of primary amides is 1. The predicted molar refractivity (Wildman–Crippen MR) is 94.2 cm³/mol. The van der Waals surface area contributed by atoms with Crippen molar-refractivity contribution < 1.29 is 4.79 Å². The van der Waals surface area contributed by atoms with Crippen molar-refractivity contribution in [3.63, 3.8) is 0 Å². The Morgan fingerprint density at radius 1 is 1.33 bits per heavy atom. The lowest BCUT2D eigenvalue weighted by Gasteiger charge is -2.58. The van der Waals surface area contributed by atoms with Gasteiger partial charge in [-0.1, -0.05) is 0 Å². The average Bonchev–Trinajstić information content (AvgIpc) is 2.97. The molecule has 126 valence electrons. The van der Waals surface area contributed by atoms with Crippen molar-refractivity contribution in [3.05, 3.63) is 24.0 Å². The van der Waals surface area contributed by atoms with Crippen LogP contribution in [0.25, 0.3) is 11.0 Å². The molecule has 4 bridgehead atoms. The van der Waals surface area contributed by atoms with Gasteiger partial charge in [-0.3, -0.25) is 4.79 Å². The number of alkyl halides is 1. The zero-order chi connectivity index (χ0) is 16.5. The Labute approximate surface area is 145 Å². The number of carbonyl (C=O) groups excluding carboxylic acids is 1. The van der Waals surface area contributed by atoms with Gasteiger partial charge in [0.1, 0.15) is 5.65 Å². The van der Waals surface area contributed by atoms with E-state index in [0.29, 0.717) is 23.4 Å². The maximum Gasteiger partial charge on any atom is 0.252 e. The number of nitrogens with zero attached hydrogens (tertiary/aromatic N) is 1. The molecule has 2 aromatic rings. The van der Waals surface area contributed by atoms with Gasteiger partial charge >= 0.3 is 0 Å². The largest absolute Gasteiger partial charge is 0.380 e. The summed E-state index contributed by atoms with van der Waals surface area (Å²) in [6.45, 7) is 0. The molecule has 4 aliphatic rings. The molecule has 2 aromatic heterocycles. The molecule has 6 heteroatoms. The number of amides is 1. The molecule has 0 spiro atoms. The first-order valence-electron chi connectivity index (χ1n) is 8.74. The number of carbonyl (C=O) groups is 1. The normalized spacial score (nSPS) is 37.0. The van der Waals surface area contributed by atoms with Crippen LogP contribution in [0.2, 0.25) is 0 Å². The van der Waals surface area contributed by atoms with E-state index in [1.54, 1.807) is 6.20 Å². The van der Waals surface area contributed by atoms with Crippen molar-refractivity contribution in [2.24, 2.45) is 23.5 Å². The van der Waals surface area contributed by atoms with E-state index >= 15 is 0 Å². The van der Waals surface area contributed by atoms with Crippen LogP contribution in [0.4, 0.5) is 5.69 Å². The summed E-state index contributed by atoms with van der Waals surface area (Å²) in [5.41, 5.74) is 7.67. The van der Waals surface area contributed by atoms with Crippen LogP contribution in [0.5, 0.6) is 0 Å². The number of aromatic amines is 1. The van der Waals surface area contributed by atoms with Crippen molar-refractivity contribution in [1.29, 1.82) is 0 Å². The molecule has 5 atom stereocenters. The number of aromatic nitrogens is 2. The molecule has 4 N–H and O–H groups in total. The van der Waals surface area contributed by atoms with E-state index in [-0.39, 0.29) is 4.87 Å². The average molecular weight is 345 g/mol. The van der Waals surface area contributed by atoms with E-state index in [1.165, 1.54) is 19.3 Å². The standard InChI is InChI=1S/C18H21ClN4O/c19-18-5-9-3-10(6-18)14(11(4-9)7-18)23-15-12-1-2-21-17(12)22-8-13(15)16(20)24/h1-2,8-11,14H,3-7H2,(H2,20,24)(H2,21,22,23)/t9?,10-,11+,14?,18?. The number of anilines is 1. The molecular weight excluding hydrogens is 324 g/mol. The van der Waals surface area contributed by atoms with Crippen LogP contribution in [0.15, 0.2) is 18.5 Å². The molecule has 24 heavy (non-hydrogen) atoms. The van der Waals surface area contributed by atoms with Crippen molar-refractivity contribution >= 4 is 34.2 Å². The molecule has 0 aromatic carbocycles. The van der Waals surface area contributed by atoms with Crippen molar-refractivity contribution in [2.45, 2.75) is 43.0 Å². The first-order chi connectivity index (χ1) is 11.5. The van der Waals surface area contributed by atoms with Gasteiger partial charge in [0.15, 0.2) is 0 Å². The Balaban J connectivity index is 1.54. The minimum Gasteiger partial charge on any atom is -0.380 e. The molecule has 6 rings (SSSR count). The summed E-state index contributed by atoms with van der Waals surface area (Å²) in [5, 5.41) is 4.63.